The fourth-order valence-electron chi connectivity index (χ4n) is 2.35. The molecule has 118 valence electrons. The molecule has 22 heavy (non-hydrogen) atoms. The van der Waals surface area contributed by atoms with E-state index >= 15 is 0 Å². The first-order chi connectivity index (χ1) is 10.7. The maximum Gasteiger partial charge on any atom is 0.133 e. The number of hydrogen-bond acceptors (Lipinski definition) is 2. The fraction of sp³-hybridized carbons (Fsp3) is 0.368. The van der Waals surface area contributed by atoms with Crippen molar-refractivity contribution in [1.82, 2.24) is 5.32 Å². The van der Waals surface area contributed by atoms with E-state index in [0.29, 0.717) is 12.6 Å². The minimum Gasteiger partial charge on any atom is -0.493 e. The Kier molecular flexibility index (Phi) is 6.94. The van der Waals surface area contributed by atoms with Crippen LogP contribution in [0, 0.1) is 0 Å². The molecule has 2 rings (SSSR count). The average molecular weight is 362 g/mol. The standard InChI is InChI=1S/C19H24BrNO/c1-3-22-19-12-11-17(13-18(19)20)14-21-15(2)9-10-16-7-5-4-6-8-16/h4-8,11-13,15,21H,3,9-10,14H2,1-2H3/t15-/m0/s1. The van der Waals surface area contributed by atoms with E-state index in [9.17, 15) is 0 Å². The van der Waals surface area contributed by atoms with E-state index in [-0.39, 0.29) is 0 Å². The van der Waals surface area contributed by atoms with Gasteiger partial charge in [-0.2, -0.15) is 0 Å². The second kappa shape index (κ2) is 8.96. The number of ether oxygens (including phenoxy) is 1. The molecule has 0 heterocycles. The van der Waals surface area contributed by atoms with Crippen LogP contribution in [0.3, 0.4) is 0 Å². The molecule has 0 aliphatic carbocycles. The molecule has 0 radical (unpaired) electrons. The molecule has 1 N–H and O–H groups in total. The molecule has 0 unspecified atom stereocenters. The van der Waals surface area contributed by atoms with Gasteiger partial charge in [0.05, 0.1) is 11.1 Å². The maximum atomic E-state index is 5.54. The first kappa shape index (κ1) is 17.0. The molecule has 2 aromatic carbocycles. The molecule has 0 aromatic heterocycles. The lowest BCUT2D eigenvalue weighted by Gasteiger charge is -2.15. The van der Waals surface area contributed by atoms with Crippen molar-refractivity contribution in [2.45, 2.75) is 39.3 Å². The Morgan fingerprint density at radius 3 is 2.55 bits per heavy atom. The highest BCUT2D eigenvalue weighted by Gasteiger charge is 2.05. The van der Waals surface area contributed by atoms with Gasteiger partial charge in [0.2, 0.25) is 0 Å². The minimum atomic E-state index is 0.491. The Labute approximate surface area is 142 Å². The average Bonchev–Trinajstić information content (AvgIpc) is 2.54. The summed E-state index contributed by atoms with van der Waals surface area (Å²) in [6.07, 6.45) is 2.25. The van der Waals surface area contributed by atoms with Crippen molar-refractivity contribution in [1.29, 1.82) is 0 Å². The van der Waals surface area contributed by atoms with E-state index in [0.717, 1.165) is 29.6 Å². The molecule has 0 bridgehead atoms. The van der Waals surface area contributed by atoms with Gasteiger partial charge in [-0.25, -0.2) is 0 Å². The zero-order valence-electron chi connectivity index (χ0n) is 13.3. The summed E-state index contributed by atoms with van der Waals surface area (Å²) in [6.45, 7) is 5.80. The van der Waals surface area contributed by atoms with Crippen LogP contribution in [0.4, 0.5) is 0 Å². The Morgan fingerprint density at radius 2 is 1.86 bits per heavy atom. The summed E-state index contributed by atoms with van der Waals surface area (Å²) in [5.74, 6) is 0.906. The van der Waals surface area contributed by atoms with Crippen LogP contribution in [0.2, 0.25) is 0 Å². The van der Waals surface area contributed by atoms with Crippen molar-refractivity contribution in [2.75, 3.05) is 6.61 Å². The van der Waals surface area contributed by atoms with Crippen LogP contribution in [0.5, 0.6) is 5.75 Å². The molecule has 0 saturated heterocycles. The van der Waals surface area contributed by atoms with Gasteiger partial charge in [0.1, 0.15) is 5.75 Å². The van der Waals surface area contributed by atoms with Crippen molar-refractivity contribution in [3.05, 3.63) is 64.1 Å². The van der Waals surface area contributed by atoms with Gasteiger partial charge < -0.3 is 10.1 Å². The van der Waals surface area contributed by atoms with E-state index in [1.807, 2.05) is 13.0 Å². The monoisotopic (exact) mass is 361 g/mol. The molecule has 2 nitrogen and oxygen atoms in total. The van der Waals surface area contributed by atoms with Crippen LogP contribution in [0.15, 0.2) is 53.0 Å². The minimum absolute atomic E-state index is 0.491. The Balaban J connectivity index is 1.78. The Hall–Kier alpha value is -1.32. The smallest absolute Gasteiger partial charge is 0.133 e. The van der Waals surface area contributed by atoms with Crippen LogP contribution in [0.1, 0.15) is 31.4 Å². The molecular formula is C19H24BrNO. The SMILES string of the molecule is CCOc1ccc(CN[C@@H](C)CCc2ccccc2)cc1Br. The Bertz CT molecular complexity index is 571. The van der Waals surface area contributed by atoms with Crippen molar-refractivity contribution < 1.29 is 4.74 Å². The lowest BCUT2D eigenvalue weighted by atomic mass is 10.1. The summed E-state index contributed by atoms with van der Waals surface area (Å²) >= 11 is 3.56. The van der Waals surface area contributed by atoms with Crippen LogP contribution in [0.25, 0.3) is 0 Å². The topological polar surface area (TPSA) is 21.3 Å². The molecule has 3 heteroatoms. The number of benzene rings is 2. The van der Waals surface area contributed by atoms with Crippen molar-refractivity contribution in [2.24, 2.45) is 0 Å². The number of halogens is 1. The summed E-state index contributed by atoms with van der Waals surface area (Å²) in [5, 5.41) is 3.59. The summed E-state index contributed by atoms with van der Waals surface area (Å²) in [6, 6.07) is 17.4. The van der Waals surface area contributed by atoms with Gasteiger partial charge in [-0.15, -0.1) is 0 Å². The van der Waals surface area contributed by atoms with Gasteiger partial charge >= 0.3 is 0 Å². The van der Waals surface area contributed by atoms with Gasteiger partial charge in [-0.1, -0.05) is 36.4 Å². The molecule has 0 amide bonds. The van der Waals surface area contributed by atoms with Crippen molar-refractivity contribution >= 4 is 15.9 Å². The summed E-state index contributed by atoms with van der Waals surface area (Å²) in [4.78, 5) is 0. The number of nitrogens with one attached hydrogen (secondary N) is 1. The highest BCUT2D eigenvalue weighted by Crippen LogP contribution is 2.26. The summed E-state index contributed by atoms with van der Waals surface area (Å²) < 4.78 is 6.56. The highest BCUT2D eigenvalue weighted by molar-refractivity contribution is 9.10. The molecule has 0 aliphatic heterocycles. The van der Waals surface area contributed by atoms with Gasteiger partial charge in [0.25, 0.3) is 0 Å². The zero-order chi connectivity index (χ0) is 15.8. The Morgan fingerprint density at radius 1 is 1.09 bits per heavy atom. The van der Waals surface area contributed by atoms with Crippen LogP contribution < -0.4 is 10.1 Å². The lowest BCUT2D eigenvalue weighted by Crippen LogP contribution is -2.25. The largest absolute Gasteiger partial charge is 0.493 e. The van der Waals surface area contributed by atoms with E-state index in [1.54, 1.807) is 0 Å². The molecule has 0 aliphatic rings. The zero-order valence-corrected chi connectivity index (χ0v) is 14.9. The predicted molar refractivity (Wildman–Crippen MR) is 96.4 cm³/mol. The second-order valence-corrected chi connectivity index (χ2v) is 6.36. The van der Waals surface area contributed by atoms with Crippen LogP contribution >= 0.6 is 15.9 Å². The third-order valence-corrected chi connectivity index (χ3v) is 4.28. The summed E-state index contributed by atoms with van der Waals surface area (Å²) in [7, 11) is 0. The molecule has 1 atom stereocenters. The summed E-state index contributed by atoms with van der Waals surface area (Å²) in [5.41, 5.74) is 2.67. The van der Waals surface area contributed by atoms with Crippen LogP contribution in [-0.4, -0.2) is 12.6 Å². The van der Waals surface area contributed by atoms with E-state index < -0.39 is 0 Å². The molecular weight excluding hydrogens is 338 g/mol. The highest BCUT2D eigenvalue weighted by atomic mass is 79.9. The van der Waals surface area contributed by atoms with Gasteiger partial charge in [-0.3, -0.25) is 0 Å². The maximum absolute atomic E-state index is 5.54. The third-order valence-electron chi connectivity index (χ3n) is 3.66. The normalized spacial score (nSPS) is 12.1. The predicted octanol–water partition coefficient (Wildman–Crippen LogP) is 4.96. The number of rotatable bonds is 8. The molecule has 0 spiro atoms. The fourth-order valence-corrected chi connectivity index (χ4v) is 2.89. The number of aryl methyl sites for hydroxylation is 1. The van der Waals surface area contributed by atoms with E-state index in [2.05, 4.69) is 70.6 Å². The first-order valence-electron chi connectivity index (χ1n) is 7.87. The van der Waals surface area contributed by atoms with Crippen molar-refractivity contribution in [3.63, 3.8) is 0 Å². The van der Waals surface area contributed by atoms with Gasteiger partial charge in [0, 0.05) is 12.6 Å². The van der Waals surface area contributed by atoms with E-state index in [4.69, 9.17) is 4.74 Å². The second-order valence-electron chi connectivity index (χ2n) is 5.50. The molecule has 0 fully saturated rings. The quantitative estimate of drug-likeness (QED) is 0.717. The van der Waals surface area contributed by atoms with Gasteiger partial charge in [-0.05, 0) is 65.9 Å². The van der Waals surface area contributed by atoms with E-state index in [1.165, 1.54) is 11.1 Å². The molecule has 2 aromatic rings. The third kappa shape index (κ3) is 5.47. The first-order valence-corrected chi connectivity index (χ1v) is 8.67. The lowest BCUT2D eigenvalue weighted by molar-refractivity contribution is 0.338. The van der Waals surface area contributed by atoms with Gasteiger partial charge in [0.15, 0.2) is 0 Å². The van der Waals surface area contributed by atoms with Crippen molar-refractivity contribution in [3.8, 4) is 5.75 Å². The molecule has 0 saturated carbocycles. The van der Waals surface area contributed by atoms with Crippen LogP contribution in [-0.2, 0) is 13.0 Å². The number of hydrogen-bond donors (Lipinski definition) is 1.